The number of isothiocyanates is 1. The first-order valence-corrected chi connectivity index (χ1v) is 26.2. The summed E-state index contributed by atoms with van der Waals surface area (Å²) in [6.07, 6.45) is 4.41. The average Bonchev–Trinajstić information content (AvgIpc) is 4.00. The zero-order chi connectivity index (χ0) is 52.4. The number of pyridine rings is 4. The molecule has 1 aliphatic heterocycles. The molecule has 9 aromatic rings. The van der Waals surface area contributed by atoms with E-state index in [1.165, 1.54) is 32.9 Å². The summed E-state index contributed by atoms with van der Waals surface area (Å²) in [7, 11) is -1.75. The maximum Gasteiger partial charge on any atom is 2.00 e. The Morgan fingerprint density at radius 1 is 0.613 bits per heavy atom. The molecule has 0 aliphatic carbocycles. The Balaban J connectivity index is 0.000000214. The Morgan fingerprint density at radius 2 is 1.15 bits per heavy atom. The normalized spacial score (nSPS) is 11.8. The van der Waals surface area contributed by atoms with E-state index >= 15 is 0 Å². The summed E-state index contributed by atoms with van der Waals surface area (Å²) < 4.78 is 48.8. The van der Waals surface area contributed by atoms with Crippen LogP contribution in [0, 0.1) is 13.8 Å². The number of anilines is 3. The molecule has 18 heteroatoms. The second-order valence-electron chi connectivity index (χ2n) is 17.3. The number of aryl methyl sites for hydroxylation is 2. The third-order valence-corrected chi connectivity index (χ3v) is 15.5. The molecule has 4 aromatic carbocycles. The number of alkyl halides is 3. The van der Waals surface area contributed by atoms with Gasteiger partial charge >= 0.3 is 25.7 Å². The minimum absolute atomic E-state index is 0. The molecule has 1 aliphatic rings. The van der Waals surface area contributed by atoms with Crippen LogP contribution in [0.2, 0.25) is 13.1 Å². The van der Waals surface area contributed by atoms with E-state index in [0.29, 0.717) is 47.2 Å². The number of ether oxygens (including phenoxy) is 2. The second kappa shape index (κ2) is 24.1. The number of fused-ring (bicyclic) bond motifs is 3. The Hall–Kier alpha value is -8.40. The standard InChI is InChI=1S/C33H25N3O4Si.C23H18F3N4.CNS.Ru/c1-41(2)32-6-4-3-5-26(32)27-10-9-22(16-33(27)41)7-8-23-11-13-34-28(15-23)30-18-25(40-21-38)19-31(36-30)29-17-24(39-20-37)12-14-35-29;1-15-3-7-17(8-4-15)30(18-9-5-16(2)6-10-18)19-11-12-27-20(13-19)21-14-22(29-28-21)23(24,25)26;2-1-3;/h3-21H,1-2H3;3-14H,1-2H3;;/q;2*-1;+2/b8-7+;;;. The fourth-order valence-electron chi connectivity index (χ4n) is 8.37. The molecule has 0 radical (unpaired) electrons. The summed E-state index contributed by atoms with van der Waals surface area (Å²) in [5.74, 6) is 0.610. The minimum Gasteiger partial charge on any atom is -0.753 e. The number of aromatic nitrogens is 6. The molecular formula is C57H43F3N8O4RuSSi. The van der Waals surface area contributed by atoms with Gasteiger partial charge in [0.05, 0.1) is 28.5 Å². The number of rotatable bonds is 12. The van der Waals surface area contributed by atoms with Gasteiger partial charge in [0.2, 0.25) is 0 Å². The molecule has 0 bridgehead atoms. The van der Waals surface area contributed by atoms with Gasteiger partial charge in [-0.05, 0) is 107 Å². The molecule has 0 saturated heterocycles. The SMILES string of the molecule is C[Si]1(C)c2ccccc2-c2ccc(/C=C/c3ccnc(-c4cc(OC=O)cc(-c5cc(OC=O)ccn5)n4)c3)cc21.Cc1ccc(N(c2ccc(C)cc2)c2ccnc(-c3cc(C(F)(F)F)n[n-]3)c2)cc1.[N-]=C=S.[Ru+2]. The number of carbonyl (C=O) groups excluding carboxylic acids is 2. The smallest absolute Gasteiger partial charge is 0.753 e. The van der Waals surface area contributed by atoms with Gasteiger partial charge in [0.25, 0.3) is 12.9 Å². The van der Waals surface area contributed by atoms with E-state index < -0.39 is 19.9 Å². The Labute approximate surface area is 449 Å². The Bertz CT molecular complexity index is 3510. The van der Waals surface area contributed by atoms with Gasteiger partial charge in [-0.1, -0.05) is 121 Å². The number of carbonyl (C=O) groups is 2. The van der Waals surface area contributed by atoms with Crippen molar-refractivity contribution in [2.24, 2.45) is 0 Å². The maximum absolute atomic E-state index is 12.9. The Morgan fingerprint density at radius 3 is 1.76 bits per heavy atom. The monoisotopic (exact) mass is 1120 g/mol. The third-order valence-electron chi connectivity index (χ3n) is 12.0. The summed E-state index contributed by atoms with van der Waals surface area (Å²) in [6, 6.07) is 46.2. The van der Waals surface area contributed by atoms with E-state index in [1.54, 1.807) is 42.7 Å². The Kier molecular flexibility index (Phi) is 17.5. The number of benzene rings is 4. The third kappa shape index (κ3) is 12.9. The van der Waals surface area contributed by atoms with Gasteiger partial charge in [0.15, 0.2) is 0 Å². The van der Waals surface area contributed by atoms with Crippen LogP contribution in [0.25, 0.3) is 62.9 Å². The van der Waals surface area contributed by atoms with Crippen LogP contribution in [0.3, 0.4) is 0 Å². The number of nitrogens with zero attached hydrogens (tertiary/aromatic N) is 8. The van der Waals surface area contributed by atoms with Crippen molar-refractivity contribution in [2.75, 3.05) is 4.90 Å². The molecule has 0 fully saturated rings. The van der Waals surface area contributed by atoms with E-state index in [4.69, 9.17) is 19.9 Å². The van der Waals surface area contributed by atoms with Crippen molar-refractivity contribution in [3.63, 3.8) is 0 Å². The van der Waals surface area contributed by atoms with Crippen LogP contribution >= 0.6 is 12.2 Å². The second-order valence-corrected chi connectivity index (χ2v) is 21.8. The molecule has 0 amide bonds. The van der Waals surface area contributed by atoms with E-state index in [0.717, 1.165) is 45.4 Å². The van der Waals surface area contributed by atoms with Crippen LogP contribution < -0.4 is 29.8 Å². The molecule has 0 unspecified atom stereocenters. The molecular weight excluding hydrogens is 1080 g/mol. The summed E-state index contributed by atoms with van der Waals surface area (Å²) in [4.78, 5) is 41.7. The van der Waals surface area contributed by atoms with Gasteiger partial charge in [-0.15, -0.1) is 0 Å². The molecule has 0 saturated carbocycles. The van der Waals surface area contributed by atoms with Crippen molar-refractivity contribution in [1.29, 1.82) is 0 Å². The zero-order valence-corrected chi connectivity index (χ0v) is 44.1. The van der Waals surface area contributed by atoms with Crippen molar-refractivity contribution >= 4 is 78.0 Å². The first kappa shape index (κ1) is 54.4. The molecule has 10 rings (SSSR count). The summed E-state index contributed by atoms with van der Waals surface area (Å²) in [5, 5.41) is 18.3. The van der Waals surface area contributed by atoms with Crippen LogP contribution in [-0.4, -0.2) is 51.2 Å². The van der Waals surface area contributed by atoms with Gasteiger partial charge in [-0.3, -0.25) is 24.5 Å². The first-order chi connectivity index (χ1) is 35.7. The number of halogens is 3. The van der Waals surface area contributed by atoms with Gasteiger partial charge in [0.1, 0.15) is 25.3 Å². The van der Waals surface area contributed by atoms with Gasteiger partial charge in [-0.25, -0.2) is 4.98 Å². The van der Waals surface area contributed by atoms with E-state index in [1.807, 2.05) is 85.5 Å². The van der Waals surface area contributed by atoms with Crippen molar-refractivity contribution < 1.29 is 51.7 Å². The van der Waals surface area contributed by atoms with Crippen molar-refractivity contribution in [1.82, 2.24) is 30.1 Å². The fourth-order valence-corrected chi connectivity index (χ4v) is 11.5. The van der Waals surface area contributed by atoms with Gasteiger partial charge < -0.3 is 30.0 Å². The van der Waals surface area contributed by atoms with Crippen LogP contribution in [0.15, 0.2) is 164 Å². The molecule has 0 N–H and O–H groups in total. The molecule has 0 spiro atoms. The molecule has 12 nitrogen and oxygen atoms in total. The molecule has 6 heterocycles. The molecule has 75 heavy (non-hydrogen) atoms. The van der Waals surface area contributed by atoms with Crippen molar-refractivity contribution in [3.05, 3.63) is 198 Å². The number of hydrogen-bond donors (Lipinski definition) is 0. The molecule has 5 aromatic heterocycles. The number of hydrogen-bond acceptors (Lipinski definition) is 11. The zero-order valence-electron chi connectivity index (χ0n) is 40.5. The minimum atomic E-state index is -4.54. The van der Waals surface area contributed by atoms with Crippen LogP contribution in [-0.2, 0) is 35.2 Å². The summed E-state index contributed by atoms with van der Waals surface area (Å²) >= 11 is 3.70. The van der Waals surface area contributed by atoms with Gasteiger partial charge in [-0.2, -0.15) is 18.3 Å². The summed E-state index contributed by atoms with van der Waals surface area (Å²) in [5.41, 5.74) is 11.0. The first-order valence-electron chi connectivity index (χ1n) is 22.8. The molecule has 0 atom stereocenters. The maximum atomic E-state index is 12.9. The van der Waals surface area contributed by atoms with Crippen molar-refractivity contribution in [2.45, 2.75) is 33.1 Å². The predicted octanol–water partition coefficient (Wildman–Crippen LogP) is 12.1. The van der Waals surface area contributed by atoms with Crippen molar-refractivity contribution in [3.8, 4) is 56.8 Å². The van der Waals surface area contributed by atoms with Gasteiger partial charge in [0, 0.05) is 53.9 Å². The average molecular weight is 1120 g/mol. The molecule has 374 valence electrons. The van der Waals surface area contributed by atoms with E-state index in [2.05, 4.69) is 105 Å². The summed E-state index contributed by atoms with van der Waals surface area (Å²) in [6.45, 7) is 9.54. The van der Waals surface area contributed by atoms with Crippen LogP contribution in [0.4, 0.5) is 30.2 Å². The topological polar surface area (TPSA) is 157 Å². The quantitative estimate of drug-likeness (QED) is 0.0494. The van der Waals surface area contributed by atoms with E-state index in [-0.39, 0.29) is 30.9 Å². The largest absolute Gasteiger partial charge is 2.00 e. The van der Waals surface area contributed by atoms with Crippen LogP contribution in [0.1, 0.15) is 27.9 Å². The fraction of sp³-hybridized carbons (Fsp3) is 0.0877. The van der Waals surface area contributed by atoms with Crippen LogP contribution in [0.5, 0.6) is 11.5 Å². The predicted molar refractivity (Wildman–Crippen MR) is 288 cm³/mol. The number of thiocarbonyl (C=S) groups is 1. The van der Waals surface area contributed by atoms with E-state index in [9.17, 15) is 22.8 Å².